The summed E-state index contributed by atoms with van der Waals surface area (Å²) in [6.45, 7) is 3.03. The van der Waals surface area contributed by atoms with Gasteiger partial charge in [-0.2, -0.15) is 0 Å². The number of carbonyl (C=O) groups is 4. The monoisotopic (exact) mass is 400 g/mol. The van der Waals surface area contributed by atoms with Gasteiger partial charge in [0.25, 0.3) is 0 Å². The van der Waals surface area contributed by atoms with Gasteiger partial charge in [0, 0.05) is 39.4 Å². The number of para-hydroxylation sites is 1. The fourth-order valence-corrected chi connectivity index (χ4v) is 4.76. The number of urea groups is 1. The lowest BCUT2D eigenvalue weighted by atomic mass is 9.67. The van der Waals surface area contributed by atoms with Crippen molar-refractivity contribution in [1.29, 1.82) is 0 Å². The van der Waals surface area contributed by atoms with Crippen molar-refractivity contribution in [3.63, 3.8) is 0 Å². The number of amides is 5. The Kier molecular flexibility index (Phi) is 4.48. The zero-order valence-electron chi connectivity index (χ0n) is 16.8. The first-order chi connectivity index (χ1) is 13.8. The van der Waals surface area contributed by atoms with Crippen LogP contribution in [-0.4, -0.2) is 85.0 Å². The molecule has 0 unspecified atom stereocenters. The maximum atomic E-state index is 13.4. The van der Waals surface area contributed by atoms with Crippen LogP contribution in [0.4, 0.5) is 15.3 Å². The van der Waals surface area contributed by atoms with Crippen molar-refractivity contribution in [3.05, 3.63) is 29.8 Å². The molecule has 3 heterocycles. The Hall–Kier alpha value is -3.10. The van der Waals surface area contributed by atoms with Crippen LogP contribution in [0.1, 0.15) is 12.5 Å². The lowest BCUT2D eigenvalue weighted by molar-refractivity contribution is -0.160. The molecule has 0 saturated carbocycles. The number of barbiturate groups is 1. The van der Waals surface area contributed by atoms with Crippen molar-refractivity contribution < 1.29 is 23.9 Å². The van der Waals surface area contributed by atoms with Gasteiger partial charge < -0.3 is 14.5 Å². The topological polar surface area (TPSA) is 90.5 Å². The minimum atomic E-state index is -1.48. The summed E-state index contributed by atoms with van der Waals surface area (Å²) in [7, 11) is 2.79. The minimum absolute atomic E-state index is 0.167. The predicted octanol–water partition coefficient (Wildman–Crippen LogP) is 0.927. The maximum Gasteiger partial charge on any atom is 0.409 e. The summed E-state index contributed by atoms with van der Waals surface area (Å²) in [6.07, 6.45) is -0.282. The van der Waals surface area contributed by atoms with E-state index >= 15 is 0 Å². The number of fused-ring (bicyclic) bond motifs is 4. The molecule has 9 nitrogen and oxygen atoms in total. The molecule has 154 valence electrons. The van der Waals surface area contributed by atoms with Crippen molar-refractivity contribution in [2.75, 3.05) is 45.2 Å². The molecule has 1 aromatic rings. The molecule has 1 atom stereocenters. The first-order valence-corrected chi connectivity index (χ1v) is 9.69. The molecule has 29 heavy (non-hydrogen) atoms. The quantitative estimate of drug-likeness (QED) is 0.652. The van der Waals surface area contributed by atoms with Crippen LogP contribution in [0.3, 0.4) is 0 Å². The van der Waals surface area contributed by atoms with Gasteiger partial charge in [0.1, 0.15) is 0 Å². The molecule has 1 spiro atoms. The second-order valence-corrected chi connectivity index (χ2v) is 7.64. The number of carbonyl (C=O) groups excluding carboxylic acids is 4. The molecule has 0 radical (unpaired) electrons. The van der Waals surface area contributed by atoms with Gasteiger partial charge in [-0.15, -0.1) is 0 Å². The van der Waals surface area contributed by atoms with Gasteiger partial charge in [0.2, 0.25) is 11.8 Å². The van der Waals surface area contributed by atoms with E-state index in [1.54, 1.807) is 6.92 Å². The summed E-state index contributed by atoms with van der Waals surface area (Å²) in [5.41, 5.74) is 0.359. The highest BCUT2D eigenvalue weighted by Gasteiger charge is 2.64. The Balaban J connectivity index is 1.84. The molecule has 2 fully saturated rings. The van der Waals surface area contributed by atoms with Crippen molar-refractivity contribution >= 4 is 29.6 Å². The first-order valence-electron chi connectivity index (χ1n) is 9.69. The Morgan fingerprint density at radius 3 is 2.41 bits per heavy atom. The summed E-state index contributed by atoms with van der Waals surface area (Å²) in [5.74, 6) is -1.05. The molecular formula is C20H24N4O5. The number of imide groups is 2. The van der Waals surface area contributed by atoms with E-state index in [9.17, 15) is 19.2 Å². The van der Waals surface area contributed by atoms with E-state index in [0.29, 0.717) is 13.1 Å². The summed E-state index contributed by atoms with van der Waals surface area (Å²) in [5, 5.41) is 0. The largest absolute Gasteiger partial charge is 0.450 e. The second-order valence-electron chi connectivity index (χ2n) is 7.64. The second kappa shape index (κ2) is 6.75. The zero-order chi connectivity index (χ0) is 20.9. The van der Waals surface area contributed by atoms with Gasteiger partial charge in [0.15, 0.2) is 5.41 Å². The predicted molar refractivity (Wildman–Crippen MR) is 103 cm³/mol. The van der Waals surface area contributed by atoms with Gasteiger partial charge >= 0.3 is 12.1 Å². The van der Waals surface area contributed by atoms with E-state index < -0.39 is 35.4 Å². The number of ether oxygens (including phenoxy) is 1. The highest BCUT2D eigenvalue weighted by atomic mass is 16.6. The third-order valence-electron chi connectivity index (χ3n) is 6.19. The van der Waals surface area contributed by atoms with Gasteiger partial charge in [-0.05, 0) is 25.0 Å². The third kappa shape index (κ3) is 2.60. The summed E-state index contributed by atoms with van der Waals surface area (Å²) < 4.78 is 5.14. The van der Waals surface area contributed by atoms with Crippen LogP contribution in [0.15, 0.2) is 24.3 Å². The Bertz CT molecular complexity index is 877. The maximum absolute atomic E-state index is 13.4. The summed E-state index contributed by atoms with van der Waals surface area (Å²) >= 11 is 0. The lowest BCUT2D eigenvalue weighted by Gasteiger charge is -2.55. The van der Waals surface area contributed by atoms with Crippen LogP contribution in [0.5, 0.6) is 0 Å². The number of benzene rings is 1. The molecule has 3 aliphatic rings. The molecule has 0 N–H and O–H groups in total. The molecule has 1 aromatic carbocycles. The fraction of sp³-hybridized carbons (Fsp3) is 0.500. The van der Waals surface area contributed by atoms with Crippen LogP contribution in [0, 0.1) is 5.41 Å². The van der Waals surface area contributed by atoms with Gasteiger partial charge in [-0.3, -0.25) is 19.4 Å². The van der Waals surface area contributed by atoms with Crippen LogP contribution in [0.25, 0.3) is 0 Å². The average Bonchev–Trinajstić information content (AvgIpc) is 2.74. The SMILES string of the molecule is CCOC(=O)N1CCN2c3ccccc3CC3(C(=O)N(C)C(=O)N(C)C3=O)[C@@H]2C1. The number of anilines is 1. The van der Waals surface area contributed by atoms with E-state index in [4.69, 9.17) is 4.74 Å². The van der Waals surface area contributed by atoms with Crippen LogP contribution in [0.2, 0.25) is 0 Å². The minimum Gasteiger partial charge on any atom is -0.450 e. The van der Waals surface area contributed by atoms with Crippen molar-refractivity contribution in [1.82, 2.24) is 14.7 Å². The lowest BCUT2D eigenvalue weighted by Crippen LogP contribution is -2.75. The fourth-order valence-electron chi connectivity index (χ4n) is 4.76. The number of nitrogens with zero attached hydrogens (tertiary/aromatic N) is 4. The normalized spacial score (nSPS) is 23.3. The van der Waals surface area contributed by atoms with E-state index in [0.717, 1.165) is 21.1 Å². The molecule has 5 amide bonds. The highest BCUT2D eigenvalue weighted by Crippen LogP contribution is 2.46. The first kappa shape index (κ1) is 19.2. The molecule has 9 heteroatoms. The molecule has 3 aliphatic heterocycles. The molecular weight excluding hydrogens is 376 g/mol. The van der Waals surface area contributed by atoms with E-state index in [-0.39, 0.29) is 19.6 Å². The van der Waals surface area contributed by atoms with E-state index in [2.05, 4.69) is 0 Å². The van der Waals surface area contributed by atoms with Crippen molar-refractivity contribution in [2.24, 2.45) is 5.41 Å². The molecule has 0 aromatic heterocycles. The van der Waals surface area contributed by atoms with Gasteiger partial charge in [0.05, 0.1) is 12.6 Å². The zero-order valence-corrected chi connectivity index (χ0v) is 16.8. The van der Waals surface area contributed by atoms with Gasteiger partial charge in [-0.25, -0.2) is 9.59 Å². The Labute approximate surface area is 168 Å². The number of hydrogen-bond acceptors (Lipinski definition) is 6. The van der Waals surface area contributed by atoms with Crippen LogP contribution < -0.4 is 4.90 Å². The molecule has 4 rings (SSSR count). The average molecular weight is 400 g/mol. The van der Waals surface area contributed by atoms with Crippen molar-refractivity contribution in [3.8, 4) is 0 Å². The van der Waals surface area contributed by atoms with E-state index in [1.807, 2.05) is 29.2 Å². The summed E-state index contributed by atoms with van der Waals surface area (Å²) in [4.78, 5) is 57.2. The molecule has 0 aliphatic carbocycles. The van der Waals surface area contributed by atoms with Gasteiger partial charge in [-0.1, -0.05) is 18.2 Å². The Morgan fingerprint density at radius 2 is 1.76 bits per heavy atom. The highest BCUT2D eigenvalue weighted by molar-refractivity contribution is 6.20. The standard InChI is InChI=1S/C20H24N4O5/c1-4-29-19(28)23-9-10-24-14-8-6-5-7-13(14)11-20(15(24)12-23)16(25)21(2)18(27)22(3)17(20)26/h5-8,15H,4,9-12H2,1-3H3/t15-/m0/s1. The third-order valence-corrected chi connectivity index (χ3v) is 6.19. The number of piperazine rings is 1. The molecule has 2 saturated heterocycles. The summed E-state index contributed by atoms with van der Waals surface area (Å²) in [6, 6.07) is 6.42. The van der Waals surface area contributed by atoms with Crippen LogP contribution >= 0.6 is 0 Å². The Morgan fingerprint density at radius 1 is 1.10 bits per heavy atom. The number of hydrogen-bond donors (Lipinski definition) is 0. The molecule has 0 bridgehead atoms. The number of rotatable bonds is 1. The van der Waals surface area contributed by atoms with E-state index in [1.165, 1.54) is 19.0 Å². The van der Waals surface area contributed by atoms with Crippen molar-refractivity contribution in [2.45, 2.75) is 19.4 Å². The van der Waals surface area contributed by atoms with Crippen LogP contribution in [-0.2, 0) is 20.7 Å². The smallest absolute Gasteiger partial charge is 0.409 e.